The third-order valence-electron chi connectivity index (χ3n) is 6.10. The molecule has 1 atom stereocenters. The maximum absolute atomic E-state index is 13.6. The Labute approximate surface area is 185 Å². The highest BCUT2D eigenvalue weighted by Gasteiger charge is 2.48. The van der Waals surface area contributed by atoms with Crippen molar-refractivity contribution in [2.75, 3.05) is 0 Å². The first-order chi connectivity index (χ1) is 14.7. The van der Waals surface area contributed by atoms with Crippen molar-refractivity contribution in [3.63, 3.8) is 0 Å². The summed E-state index contributed by atoms with van der Waals surface area (Å²) in [6.07, 6.45) is 2.08. The van der Waals surface area contributed by atoms with E-state index in [9.17, 15) is 9.90 Å². The molecular weight excluding hydrogens is 414 g/mol. The minimum absolute atomic E-state index is 0.0442. The number of benzene rings is 2. The number of hydrogen-bond acceptors (Lipinski definition) is 5. The maximum atomic E-state index is 13.6. The molecule has 2 heterocycles. The summed E-state index contributed by atoms with van der Waals surface area (Å²) in [4.78, 5) is 15.4. The third-order valence-corrected chi connectivity index (χ3v) is 6.32. The van der Waals surface area contributed by atoms with Crippen molar-refractivity contribution in [2.24, 2.45) is 5.92 Å². The number of rotatable bonds is 5. The number of aromatic nitrogens is 2. The summed E-state index contributed by atoms with van der Waals surface area (Å²) in [5, 5.41) is 19.3. The number of hydrogen-bond donors (Lipinski definition) is 1. The zero-order valence-corrected chi connectivity index (χ0v) is 18.5. The van der Waals surface area contributed by atoms with Gasteiger partial charge in [-0.05, 0) is 73.6 Å². The summed E-state index contributed by atoms with van der Waals surface area (Å²) < 4.78 is 5.50. The Morgan fingerprint density at radius 1 is 1.16 bits per heavy atom. The minimum Gasteiger partial charge on any atom is -0.421 e. The molecule has 2 aromatic carbocycles. The first-order valence-electron chi connectivity index (χ1n) is 10.5. The van der Waals surface area contributed by atoms with E-state index in [-0.39, 0.29) is 11.9 Å². The van der Waals surface area contributed by atoms with Crippen LogP contribution in [0.4, 0.5) is 0 Å². The summed E-state index contributed by atoms with van der Waals surface area (Å²) >= 11 is 6.44. The lowest BCUT2D eigenvalue weighted by atomic mass is 9.92. The van der Waals surface area contributed by atoms with Gasteiger partial charge in [-0.15, -0.1) is 10.2 Å². The lowest BCUT2D eigenvalue weighted by molar-refractivity contribution is -0.0224. The Hall–Kier alpha value is -2.70. The van der Waals surface area contributed by atoms with E-state index in [0.29, 0.717) is 34.8 Å². The van der Waals surface area contributed by atoms with Gasteiger partial charge in [0.05, 0.1) is 17.2 Å². The van der Waals surface area contributed by atoms with Gasteiger partial charge in [-0.3, -0.25) is 4.79 Å². The molecule has 160 valence electrons. The van der Waals surface area contributed by atoms with Crippen LogP contribution in [0.25, 0.3) is 22.6 Å². The lowest BCUT2D eigenvalue weighted by Gasteiger charge is -2.37. The number of amides is 1. The van der Waals surface area contributed by atoms with Gasteiger partial charge in [-0.2, -0.15) is 0 Å². The Morgan fingerprint density at radius 3 is 2.42 bits per heavy atom. The first kappa shape index (κ1) is 20.2. The highest BCUT2D eigenvalue weighted by atomic mass is 35.5. The number of fused-ring (bicyclic) bond motifs is 1. The number of aliphatic hydroxyl groups is 1. The van der Waals surface area contributed by atoms with Crippen LogP contribution in [0.2, 0.25) is 5.02 Å². The summed E-state index contributed by atoms with van der Waals surface area (Å²) in [6, 6.07) is 11.2. The fraction of sp³-hybridized carbons (Fsp3) is 0.375. The molecule has 31 heavy (non-hydrogen) atoms. The van der Waals surface area contributed by atoms with Crippen LogP contribution in [0, 0.1) is 12.8 Å². The van der Waals surface area contributed by atoms with Gasteiger partial charge in [0.25, 0.3) is 5.91 Å². The van der Waals surface area contributed by atoms with Gasteiger partial charge in [0.15, 0.2) is 0 Å². The monoisotopic (exact) mass is 437 g/mol. The van der Waals surface area contributed by atoms with E-state index in [1.54, 1.807) is 20.8 Å². The predicted molar refractivity (Wildman–Crippen MR) is 118 cm³/mol. The third kappa shape index (κ3) is 3.64. The predicted octanol–water partition coefficient (Wildman–Crippen LogP) is 4.87. The van der Waals surface area contributed by atoms with Gasteiger partial charge < -0.3 is 14.4 Å². The first-order valence-corrected chi connectivity index (χ1v) is 10.9. The van der Waals surface area contributed by atoms with Crippen LogP contribution < -0.4 is 0 Å². The molecule has 1 aromatic heterocycles. The topological polar surface area (TPSA) is 79.5 Å². The quantitative estimate of drug-likeness (QED) is 0.615. The van der Waals surface area contributed by atoms with Crippen molar-refractivity contribution in [2.45, 2.75) is 51.8 Å². The fourth-order valence-electron chi connectivity index (χ4n) is 4.72. The van der Waals surface area contributed by atoms with Crippen LogP contribution in [-0.4, -0.2) is 37.8 Å². The van der Waals surface area contributed by atoms with Crippen molar-refractivity contribution in [3.8, 4) is 22.6 Å². The van der Waals surface area contributed by atoms with Crippen molar-refractivity contribution in [3.05, 3.63) is 58.4 Å². The normalized spacial score (nSPS) is 17.2. The molecule has 0 saturated heterocycles. The van der Waals surface area contributed by atoms with E-state index in [0.717, 1.165) is 35.1 Å². The Balaban J connectivity index is 1.53. The second-order valence-electron chi connectivity index (χ2n) is 9.06. The number of aryl methyl sites for hydroxylation is 1. The molecule has 5 rings (SSSR count). The fourth-order valence-corrected chi connectivity index (χ4v) is 4.96. The molecule has 2 aliphatic rings. The molecule has 7 heteroatoms. The largest absolute Gasteiger partial charge is 0.421 e. The average Bonchev–Trinajstić information content (AvgIpc) is 3.35. The van der Waals surface area contributed by atoms with Crippen LogP contribution in [0.3, 0.4) is 0 Å². The second-order valence-corrected chi connectivity index (χ2v) is 9.50. The molecule has 0 unspecified atom stereocenters. The van der Waals surface area contributed by atoms with E-state index < -0.39 is 5.60 Å². The molecule has 0 spiro atoms. The average molecular weight is 438 g/mol. The molecule has 1 N–H and O–H groups in total. The molecule has 3 aromatic rings. The van der Waals surface area contributed by atoms with E-state index >= 15 is 0 Å². The molecule has 1 aliphatic carbocycles. The van der Waals surface area contributed by atoms with Crippen LogP contribution >= 0.6 is 11.6 Å². The van der Waals surface area contributed by atoms with Gasteiger partial charge in [0.1, 0.15) is 0 Å². The van der Waals surface area contributed by atoms with Crippen molar-refractivity contribution < 1.29 is 14.3 Å². The van der Waals surface area contributed by atoms with Gasteiger partial charge in [0.2, 0.25) is 11.8 Å². The van der Waals surface area contributed by atoms with Crippen LogP contribution in [0.5, 0.6) is 0 Å². The molecule has 1 fully saturated rings. The Kier molecular flexibility index (Phi) is 4.68. The highest BCUT2D eigenvalue weighted by molar-refractivity contribution is 6.31. The summed E-state index contributed by atoms with van der Waals surface area (Å²) in [6.45, 7) is 5.79. The lowest BCUT2D eigenvalue weighted by Crippen LogP contribution is -2.51. The Morgan fingerprint density at radius 2 is 1.84 bits per heavy atom. The van der Waals surface area contributed by atoms with Crippen molar-refractivity contribution in [1.29, 1.82) is 0 Å². The zero-order chi connectivity index (χ0) is 21.9. The van der Waals surface area contributed by atoms with E-state index in [2.05, 4.69) is 10.2 Å². The SMILES string of the molecule is Cc1nnc(-c2ccc(-c3cc(Cl)cc4c3C(=O)N([C@H](C3CC3)C(C)(C)O)C4)cc2)o1. The van der Waals surface area contributed by atoms with Gasteiger partial charge >= 0.3 is 0 Å². The summed E-state index contributed by atoms with van der Waals surface area (Å²) in [5.41, 5.74) is 3.10. The van der Waals surface area contributed by atoms with Crippen molar-refractivity contribution >= 4 is 17.5 Å². The molecule has 6 nitrogen and oxygen atoms in total. The number of carbonyl (C=O) groups excluding carboxylic acids is 1. The molecule has 0 radical (unpaired) electrons. The number of nitrogens with zero attached hydrogens (tertiary/aromatic N) is 3. The van der Waals surface area contributed by atoms with Crippen molar-refractivity contribution in [1.82, 2.24) is 15.1 Å². The number of halogens is 1. The molecule has 1 amide bonds. The zero-order valence-electron chi connectivity index (χ0n) is 17.7. The highest BCUT2D eigenvalue weighted by Crippen LogP contribution is 2.44. The van der Waals surface area contributed by atoms with E-state index in [4.69, 9.17) is 16.0 Å². The Bertz CT molecular complexity index is 1160. The van der Waals surface area contributed by atoms with E-state index in [1.165, 1.54) is 0 Å². The maximum Gasteiger partial charge on any atom is 0.255 e. The van der Waals surface area contributed by atoms with E-state index in [1.807, 2.05) is 41.3 Å². The molecular formula is C24H24ClN3O3. The van der Waals surface area contributed by atoms with Gasteiger partial charge in [-0.1, -0.05) is 23.7 Å². The standard InChI is InChI=1S/C24H24ClN3O3/c1-13-26-27-22(31-13)16-8-4-14(5-9-16)19-11-18(25)10-17-12-28(23(29)20(17)19)21(15-6-7-15)24(2,3)30/h4-5,8-11,15,21,30H,6-7,12H2,1-3H3/t21-/m1/s1. The van der Waals surface area contributed by atoms with Crippen LogP contribution in [-0.2, 0) is 6.54 Å². The molecule has 0 bridgehead atoms. The number of carbonyl (C=O) groups is 1. The van der Waals surface area contributed by atoms with Gasteiger partial charge in [0, 0.05) is 24.1 Å². The summed E-state index contributed by atoms with van der Waals surface area (Å²) in [5.74, 6) is 1.26. The molecule has 1 aliphatic heterocycles. The summed E-state index contributed by atoms with van der Waals surface area (Å²) in [7, 11) is 0. The minimum atomic E-state index is -0.966. The van der Waals surface area contributed by atoms with Crippen LogP contribution in [0.1, 0.15) is 48.5 Å². The second kappa shape index (κ2) is 7.18. The van der Waals surface area contributed by atoms with Crippen LogP contribution in [0.15, 0.2) is 40.8 Å². The smallest absolute Gasteiger partial charge is 0.255 e. The molecule has 1 saturated carbocycles. The van der Waals surface area contributed by atoms with Gasteiger partial charge in [-0.25, -0.2) is 0 Å².